The molecule has 114 valence electrons. The lowest BCUT2D eigenvalue weighted by Gasteiger charge is -2.05. The SMILES string of the molecule is COc1ccc(OCC(=O)NN=Cc2ccc(O)cc2)cc1. The lowest BCUT2D eigenvalue weighted by atomic mass is 10.2. The fourth-order valence-electron chi connectivity index (χ4n) is 1.59. The van der Waals surface area contributed by atoms with Gasteiger partial charge in [0.2, 0.25) is 0 Å². The van der Waals surface area contributed by atoms with Gasteiger partial charge in [-0.2, -0.15) is 5.10 Å². The molecule has 0 radical (unpaired) electrons. The van der Waals surface area contributed by atoms with Gasteiger partial charge in [0.1, 0.15) is 17.2 Å². The van der Waals surface area contributed by atoms with E-state index in [4.69, 9.17) is 14.6 Å². The smallest absolute Gasteiger partial charge is 0.277 e. The molecule has 0 aromatic heterocycles. The van der Waals surface area contributed by atoms with Crippen molar-refractivity contribution in [1.82, 2.24) is 5.43 Å². The Labute approximate surface area is 128 Å². The number of carbonyl (C=O) groups excluding carboxylic acids is 1. The quantitative estimate of drug-likeness (QED) is 0.631. The van der Waals surface area contributed by atoms with Crippen LogP contribution in [-0.4, -0.2) is 30.9 Å². The van der Waals surface area contributed by atoms with Gasteiger partial charge in [0, 0.05) is 0 Å². The summed E-state index contributed by atoms with van der Waals surface area (Å²) in [6.45, 7) is -0.140. The van der Waals surface area contributed by atoms with E-state index in [1.54, 1.807) is 43.5 Å². The molecule has 2 aromatic carbocycles. The van der Waals surface area contributed by atoms with Crippen molar-refractivity contribution >= 4 is 12.1 Å². The second-order valence-electron chi connectivity index (χ2n) is 4.35. The standard InChI is InChI=1S/C16H16N2O4/c1-21-14-6-8-15(9-7-14)22-11-16(20)18-17-10-12-2-4-13(19)5-3-12/h2-10,19H,11H2,1H3,(H,18,20). The molecule has 1 amide bonds. The van der Waals surface area contributed by atoms with Crippen LogP contribution in [0.4, 0.5) is 0 Å². The number of hydrogen-bond donors (Lipinski definition) is 2. The van der Waals surface area contributed by atoms with Crippen LogP contribution in [0.2, 0.25) is 0 Å². The van der Waals surface area contributed by atoms with Crippen LogP contribution in [0, 0.1) is 0 Å². The number of phenols is 1. The molecule has 6 heteroatoms. The molecule has 0 bridgehead atoms. The van der Waals surface area contributed by atoms with Crippen LogP contribution >= 0.6 is 0 Å². The van der Waals surface area contributed by atoms with E-state index < -0.39 is 0 Å². The maximum atomic E-state index is 11.6. The molecule has 6 nitrogen and oxygen atoms in total. The Hall–Kier alpha value is -3.02. The summed E-state index contributed by atoms with van der Waals surface area (Å²) in [6.07, 6.45) is 1.48. The highest BCUT2D eigenvalue weighted by molar-refractivity contribution is 5.83. The van der Waals surface area contributed by atoms with Crippen LogP contribution in [0.1, 0.15) is 5.56 Å². The number of rotatable bonds is 6. The third kappa shape index (κ3) is 4.82. The number of nitrogens with one attached hydrogen (secondary N) is 1. The normalized spacial score (nSPS) is 10.4. The average molecular weight is 300 g/mol. The van der Waals surface area contributed by atoms with Crippen LogP contribution in [0.15, 0.2) is 53.6 Å². The second kappa shape index (κ2) is 7.68. The molecule has 0 atom stereocenters. The maximum absolute atomic E-state index is 11.6. The number of aromatic hydroxyl groups is 1. The monoisotopic (exact) mass is 300 g/mol. The van der Waals surface area contributed by atoms with Crippen molar-refractivity contribution in [3.05, 3.63) is 54.1 Å². The van der Waals surface area contributed by atoms with Gasteiger partial charge in [-0.25, -0.2) is 5.43 Å². The predicted octanol–water partition coefficient (Wildman–Crippen LogP) is 1.93. The first-order valence-corrected chi connectivity index (χ1v) is 6.55. The second-order valence-corrected chi connectivity index (χ2v) is 4.35. The number of hydrazone groups is 1. The Bertz CT molecular complexity index is 636. The molecule has 0 unspecified atom stereocenters. The molecule has 0 saturated carbocycles. The molecule has 0 aliphatic rings. The van der Waals surface area contributed by atoms with Crippen molar-refractivity contribution in [1.29, 1.82) is 0 Å². The first-order chi connectivity index (χ1) is 10.7. The summed E-state index contributed by atoms with van der Waals surface area (Å²) < 4.78 is 10.3. The van der Waals surface area contributed by atoms with E-state index in [2.05, 4.69) is 10.5 Å². The summed E-state index contributed by atoms with van der Waals surface area (Å²) >= 11 is 0. The van der Waals surface area contributed by atoms with E-state index in [1.165, 1.54) is 18.3 Å². The number of phenolic OH excluding ortho intramolecular Hbond substituents is 1. The molecule has 0 aliphatic carbocycles. The van der Waals surface area contributed by atoms with E-state index in [9.17, 15) is 4.79 Å². The highest BCUT2D eigenvalue weighted by Gasteiger charge is 2.01. The zero-order valence-corrected chi connectivity index (χ0v) is 12.0. The van der Waals surface area contributed by atoms with Crippen LogP contribution in [0.25, 0.3) is 0 Å². The van der Waals surface area contributed by atoms with E-state index in [0.29, 0.717) is 5.75 Å². The number of amides is 1. The Morgan fingerprint density at radius 3 is 2.41 bits per heavy atom. The first kappa shape index (κ1) is 15.4. The average Bonchev–Trinajstić information content (AvgIpc) is 2.55. The van der Waals surface area contributed by atoms with Crippen molar-refractivity contribution in [2.24, 2.45) is 5.10 Å². The summed E-state index contributed by atoms with van der Waals surface area (Å²) in [6, 6.07) is 13.4. The number of ether oxygens (including phenoxy) is 2. The van der Waals surface area contributed by atoms with Gasteiger partial charge in [0.25, 0.3) is 5.91 Å². The van der Waals surface area contributed by atoms with Gasteiger partial charge >= 0.3 is 0 Å². The van der Waals surface area contributed by atoms with Crippen molar-refractivity contribution in [3.8, 4) is 17.2 Å². The van der Waals surface area contributed by atoms with Crippen molar-refractivity contribution in [2.75, 3.05) is 13.7 Å². The predicted molar refractivity (Wildman–Crippen MR) is 82.3 cm³/mol. The summed E-state index contributed by atoms with van der Waals surface area (Å²) in [7, 11) is 1.58. The van der Waals surface area contributed by atoms with Gasteiger partial charge in [-0.15, -0.1) is 0 Å². The van der Waals surface area contributed by atoms with Crippen LogP contribution < -0.4 is 14.9 Å². The number of methoxy groups -OCH3 is 1. The number of nitrogens with zero attached hydrogens (tertiary/aromatic N) is 1. The number of hydrogen-bond acceptors (Lipinski definition) is 5. The molecule has 2 N–H and O–H groups in total. The molecule has 0 spiro atoms. The Balaban J connectivity index is 1.76. The van der Waals surface area contributed by atoms with Gasteiger partial charge in [0.05, 0.1) is 13.3 Å². The zero-order valence-electron chi connectivity index (χ0n) is 12.0. The topological polar surface area (TPSA) is 80.2 Å². The largest absolute Gasteiger partial charge is 0.508 e. The van der Waals surface area contributed by atoms with Crippen molar-refractivity contribution in [2.45, 2.75) is 0 Å². The molecule has 22 heavy (non-hydrogen) atoms. The molecule has 2 rings (SSSR count). The number of benzene rings is 2. The van der Waals surface area contributed by atoms with E-state index in [1.807, 2.05) is 0 Å². The summed E-state index contributed by atoms with van der Waals surface area (Å²) in [4.78, 5) is 11.6. The van der Waals surface area contributed by atoms with Crippen molar-refractivity contribution in [3.63, 3.8) is 0 Å². The molecular weight excluding hydrogens is 284 g/mol. The molecule has 0 aliphatic heterocycles. The lowest BCUT2D eigenvalue weighted by Crippen LogP contribution is -2.24. The fraction of sp³-hybridized carbons (Fsp3) is 0.125. The third-order valence-corrected chi connectivity index (χ3v) is 2.73. The zero-order chi connectivity index (χ0) is 15.8. The maximum Gasteiger partial charge on any atom is 0.277 e. The molecule has 0 heterocycles. The Kier molecular flexibility index (Phi) is 5.37. The minimum Gasteiger partial charge on any atom is -0.508 e. The molecule has 2 aromatic rings. The Morgan fingerprint density at radius 2 is 1.77 bits per heavy atom. The Morgan fingerprint density at radius 1 is 1.14 bits per heavy atom. The van der Waals surface area contributed by atoms with Crippen LogP contribution in [0.3, 0.4) is 0 Å². The van der Waals surface area contributed by atoms with E-state index in [-0.39, 0.29) is 18.3 Å². The summed E-state index contributed by atoms with van der Waals surface area (Å²) in [5.41, 5.74) is 3.12. The van der Waals surface area contributed by atoms with Crippen molar-refractivity contribution < 1.29 is 19.4 Å². The lowest BCUT2D eigenvalue weighted by molar-refractivity contribution is -0.123. The number of carbonyl (C=O) groups is 1. The van der Waals surface area contributed by atoms with E-state index in [0.717, 1.165) is 11.3 Å². The molecule has 0 saturated heterocycles. The minimum atomic E-state index is -0.370. The summed E-state index contributed by atoms with van der Waals surface area (Å²) in [5.74, 6) is 1.09. The highest BCUT2D eigenvalue weighted by Crippen LogP contribution is 2.16. The van der Waals surface area contributed by atoms with Gasteiger partial charge in [-0.1, -0.05) is 0 Å². The first-order valence-electron chi connectivity index (χ1n) is 6.55. The van der Waals surface area contributed by atoms with Gasteiger partial charge in [-0.3, -0.25) is 4.79 Å². The fourth-order valence-corrected chi connectivity index (χ4v) is 1.59. The van der Waals surface area contributed by atoms with Crippen LogP contribution in [0.5, 0.6) is 17.2 Å². The summed E-state index contributed by atoms with van der Waals surface area (Å²) in [5, 5.41) is 12.9. The van der Waals surface area contributed by atoms with Gasteiger partial charge in [-0.05, 0) is 54.1 Å². The molecular formula is C16H16N2O4. The molecule has 0 fully saturated rings. The van der Waals surface area contributed by atoms with Gasteiger partial charge in [0.15, 0.2) is 6.61 Å². The third-order valence-electron chi connectivity index (χ3n) is 2.73. The highest BCUT2D eigenvalue weighted by atomic mass is 16.5. The minimum absolute atomic E-state index is 0.140. The van der Waals surface area contributed by atoms with Crippen LogP contribution in [-0.2, 0) is 4.79 Å². The van der Waals surface area contributed by atoms with Gasteiger partial charge < -0.3 is 14.6 Å². The van der Waals surface area contributed by atoms with E-state index >= 15 is 0 Å².